The summed E-state index contributed by atoms with van der Waals surface area (Å²) in [6.07, 6.45) is 7.18. The van der Waals surface area contributed by atoms with E-state index in [1.54, 1.807) is 0 Å². The van der Waals surface area contributed by atoms with E-state index in [0.717, 1.165) is 23.7 Å². The minimum Gasteiger partial charge on any atom is -0.201 e. The molecule has 1 aliphatic heterocycles. The lowest BCUT2D eigenvalue weighted by Crippen LogP contribution is -2.51. The molecule has 5 aliphatic rings. The normalized spacial score (nSPS) is 55.5. The van der Waals surface area contributed by atoms with Crippen molar-refractivity contribution < 1.29 is 19.9 Å². The molecular weight excluding hydrogens is 208 g/mol. The smallest absolute Gasteiger partial charge is 0.126 e. The second-order valence-corrected chi connectivity index (χ2v) is 6.06. The first-order valence-electron chi connectivity index (χ1n) is 6.52. The average molecular weight is 226 g/mol. The third kappa shape index (κ3) is 1.44. The Balaban J connectivity index is 1.55. The molecule has 1 atom stereocenters. The zero-order valence-corrected chi connectivity index (χ0v) is 9.34. The highest BCUT2D eigenvalue weighted by Crippen LogP contribution is 2.57. The SMILES string of the molecule is C1C2CC3CC1CC(C2)C3C1COOOO1. The molecule has 5 rings (SSSR count). The summed E-state index contributed by atoms with van der Waals surface area (Å²) in [7, 11) is 0. The molecule has 0 spiro atoms. The van der Waals surface area contributed by atoms with Crippen molar-refractivity contribution in [3.05, 3.63) is 0 Å². The summed E-state index contributed by atoms with van der Waals surface area (Å²) >= 11 is 0. The monoisotopic (exact) mass is 226 g/mol. The van der Waals surface area contributed by atoms with E-state index in [1.807, 2.05) is 0 Å². The maximum atomic E-state index is 5.26. The fourth-order valence-corrected chi connectivity index (χ4v) is 4.96. The molecule has 0 N–H and O–H groups in total. The van der Waals surface area contributed by atoms with Crippen molar-refractivity contribution in [2.45, 2.75) is 38.2 Å². The first-order valence-corrected chi connectivity index (χ1v) is 6.52. The molecule has 4 saturated carbocycles. The first-order chi connectivity index (χ1) is 7.90. The van der Waals surface area contributed by atoms with Gasteiger partial charge in [-0.3, -0.25) is 0 Å². The number of hydrogen-bond donors (Lipinski definition) is 0. The van der Waals surface area contributed by atoms with E-state index in [2.05, 4.69) is 10.1 Å². The minimum absolute atomic E-state index is 0.0868. The standard InChI is InChI=1S/C12H18O4/c1-7-2-9-4-8(1)5-10(3-7)12(9)11-6-13-15-16-14-11/h7-12H,1-6H2. The molecule has 4 bridgehead atoms. The van der Waals surface area contributed by atoms with Gasteiger partial charge in [-0.25, -0.2) is 4.89 Å². The van der Waals surface area contributed by atoms with Crippen LogP contribution < -0.4 is 0 Å². The molecule has 4 nitrogen and oxygen atoms in total. The van der Waals surface area contributed by atoms with Gasteiger partial charge in [0, 0.05) is 0 Å². The molecule has 0 amide bonds. The van der Waals surface area contributed by atoms with E-state index in [0.29, 0.717) is 12.5 Å². The quantitative estimate of drug-likeness (QED) is 0.643. The third-order valence-corrected chi connectivity index (χ3v) is 5.20. The van der Waals surface area contributed by atoms with Crippen LogP contribution in [0.15, 0.2) is 0 Å². The van der Waals surface area contributed by atoms with E-state index in [4.69, 9.17) is 9.78 Å². The van der Waals surface area contributed by atoms with Crippen molar-refractivity contribution in [2.75, 3.05) is 6.61 Å². The Morgan fingerprint density at radius 2 is 1.44 bits per heavy atom. The molecule has 0 aromatic rings. The summed E-state index contributed by atoms with van der Waals surface area (Å²) in [4.78, 5) is 10.1. The molecule has 4 heteroatoms. The zero-order chi connectivity index (χ0) is 10.5. The predicted octanol–water partition coefficient (Wildman–Crippen LogP) is 2.25. The third-order valence-electron chi connectivity index (χ3n) is 5.20. The lowest BCUT2D eigenvalue weighted by atomic mass is 9.51. The van der Waals surface area contributed by atoms with Gasteiger partial charge >= 0.3 is 0 Å². The Bertz CT molecular complexity index is 243. The van der Waals surface area contributed by atoms with Gasteiger partial charge in [0.1, 0.15) is 12.7 Å². The molecule has 4 aliphatic carbocycles. The Morgan fingerprint density at radius 1 is 0.750 bits per heavy atom. The molecule has 5 fully saturated rings. The maximum Gasteiger partial charge on any atom is 0.126 e. The lowest BCUT2D eigenvalue weighted by Gasteiger charge is -2.55. The molecule has 1 heterocycles. The molecule has 1 unspecified atom stereocenters. The summed E-state index contributed by atoms with van der Waals surface area (Å²) in [5, 5.41) is 8.84. The summed E-state index contributed by atoms with van der Waals surface area (Å²) in [6, 6.07) is 0. The maximum absolute atomic E-state index is 5.26. The van der Waals surface area contributed by atoms with Gasteiger partial charge in [-0.05, 0) is 71.8 Å². The van der Waals surface area contributed by atoms with Crippen LogP contribution in [-0.2, 0) is 19.9 Å². The minimum atomic E-state index is 0.0868. The van der Waals surface area contributed by atoms with Crippen LogP contribution in [0.1, 0.15) is 32.1 Å². The highest BCUT2D eigenvalue weighted by atomic mass is 17.7. The van der Waals surface area contributed by atoms with Gasteiger partial charge in [0.15, 0.2) is 0 Å². The van der Waals surface area contributed by atoms with E-state index < -0.39 is 0 Å². The zero-order valence-electron chi connectivity index (χ0n) is 9.34. The fraction of sp³-hybridized carbons (Fsp3) is 1.00. The van der Waals surface area contributed by atoms with Gasteiger partial charge < -0.3 is 0 Å². The van der Waals surface area contributed by atoms with Crippen molar-refractivity contribution >= 4 is 0 Å². The Morgan fingerprint density at radius 3 is 2.00 bits per heavy atom. The Kier molecular flexibility index (Phi) is 2.25. The molecule has 0 radical (unpaired) electrons. The van der Waals surface area contributed by atoms with Gasteiger partial charge in [0.2, 0.25) is 0 Å². The fourth-order valence-electron chi connectivity index (χ4n) is 4.96. The van der Waals surface area contributed by atoms with Crippen LogP contribution in [0.25, 0.3) is 0 Å². The van der Waals surface area contributed by atoms with Crippen molar-refractivity contribution in [3.63, 3.8) is 0 Å². The van der Waals surface area contributed by atoms with Crippen LogP contribution in [0, 0.1) is 29.6 Å². The van der Waals surface area contributed by atoms with Crippen LogP contribution in [0.4, 0.5) is 0 Å². The molecular formula is C12H18O4. The van der Waals surface area contributed by atoms with Crippen molar-refractivity contribution in [2.24, 2.45) is 29.6 Å². The molecule has 0 aromatic heterocycles. The second kappa shape index (κ2) is 3.67. The molecule has 90 valence electrons. The average Bonchev–Trinajstić information content (AvgIpc) is 2.29. The summed E-state index contributed by atoms with van der Waals surface area (Å²) in [5.41, 5.74) is 0. The Hall–Kier alpha value is -0.160. The number of rotatable bonds is 1. The van der Waals surface area contributed by atoms with Gasteiger partial charge in [-0.2, -0.15) is 4.89 Å². The second-order valence-electron chi connectivity index (χ2n) is 6.06. The van der Waals surface area contributed by atoms with Gasteiger partial charge in [0.05, 0.1) is 0 Å². The Labute approximate surface area is 95.0 Å². The molecule has 0 aromatic carbocycles. The van der Waals surface area contributed by atoms with Crippen LogP contribution in [0.3, 0.4) is 0 Å². The van der Waals surface area contributed by atoms with Crippen LogP contribution in [0.5, 0.6) is 0 Å². The van der Waals surface area contributed by atoms with Gasteiger partial charge in [-0.15, -0.1) is 0 Å². The first kappa shape index (κ1) is 9.83. The summed E-state index contributed by atoms with van der Waals surface area (Å²) in [5.74, 6) is 4.32. The van der Waals surface area contributed by atoms with Crippen LogP contribution in [0.2, 0.25) is 0 Å². The highest BCUT2D eigenvalue weighted by molar-refractivity contribution is 5.00. The highest BCUT2D eigenvalue weighted by Gasteiger charge is 2.51. The summed E-state index contributed by atoms with van der Waals surface area (Å²) in [6.45, 7) is 0.521. The van der Waals surface area contributed by atoms with E-state index >= 15 is 0 Å². The van der Waals surface area contributed by atoms with Crippen LogP contribution >= 0.6 is 0 Å². The predicted molar refractivity (Wildman–Crippen MR) is 53.5 cm³/mol. The van der Waals surface area contributed by atoms with Gasteiger partial charge in [0.25, 0.3) is 0 Å². The van der Waals surface area contributed by atoms with Crippen molar-refractivity contribution in [1.82, 2.24) is 0 Å². The van der Waals surface area contributed by atoms with Crippen LogP contribution in [-0.4, -0.2) is 12.7 Å². The van der Waals surface area contributed by atoms with E-state index in [9.17, 15) is 0 Å². The topological polar surface area (TPSA) is 36.9 Å². The lowest BCUT2D eigenvalue weighted by molar-refractivity contribution is -0.679. The van der Waals surface area contributed by atoms with E-state index in [1.165, 1.54) is 32.1 Å². The van der Waals surface area contributed by atoms with E-state index in [-0.39, 0.29) is 6.10 Å². The van der Waals surface area contributed by atoms with Crippen molar-refractivity contribution in [3.8, 4) is 0 Å². The molecule has 16 heavy (non-hydrogen) atoms. The van der Waals surface area contributed by atoms with Crippen molar-refractivity contribution in [1.29, 1.82) is 0 Å². The number of hydrogen-bond acceptors (Lipinski definition) is 4. The summed E-state index contributed by atoms with van der Waals surface area (Å²) < 4.78 is 0. The largest absolute Gasteiger partial charge is 0.201 e. The molecule has 1 saturated heterocycles. The van der Waals surface area contributed by atoms with Gasteiger partial charge in [-0.1, -0.05) is 0 Å².